The lowest BCUT2D eigenvalue weighted by Gasteiger charge is -2.24. The molecule has 0 unspecified atom stereocenters. The van der Waals surface area contributed by atoms with Crippen LogP contribution in [0.15, 0.2) is 28.1 Å². The topological polar surface area (TPSA) is 78.9 Å². The summed E-state index contributed by atoms with van der Waals surface area (Å²) >= 11 is 6.69. The molecule has 1 saturated carbocycles. The fourth-order valence-electron chi connectivity index (χ4n) is 4.26. The summed E-state index contributed by atoms with van der Waals surface area (Å²) in [5, 5.41) is 4.35. The van der Waals surface area contributed by atoms with Crippen molar-refractivity contribution in [3.05, 3.63) is 34.4 Å². The Morgan fingerprint density at radius 1 is 1.26 bits per heavy atom. The van der Waals surface area contributed by atoms with Gasteiger partial charge < -0.3 is 11.1 Å². The van der Waals surface area contributed by atoms with Crippen LogP contribution in [0.25, 0.3) is 5.57 Å². The largest absolute Gasteiger partial charge is 0.390 e. The smallest absolute Gasteiger partial charge is 0.138 e. The van der Waals surface area contributed by atoms with Crippen LogP contribution >= 0.6 is 11.6 Å². The molecule has 31 heavy (non-hydrogen) atoms. The second kappa shape index (κ2) is 12.8. The van der Waals surface area contributed by atoms with Crippen molar-refractivity contribution in [2.45, 2.75) is 77.3 Å². The van der Waals surface area contributed by atoms with Crippen molar-refractivity contribution in [1.29, 1.82) is 0 Å². The van der Waals surface area contributed by atoms with Crippen LogP contribution in [0.5, 0.6) is 0 Å². The number of unbranched alkanes of at least 4 members (excludes halogenated alkanes) is 1. The summed E-state index contributed by atoms with van der Waals surface area (Å²) in [6, 6.07) is 2.35. The standard InChI is InChI=1S/C24H37ClN6/c1-2-3-11-27-16-21(24(29-18-26)30-20-9-5-4-6-10-20)23-14-22(25)19(15-28-23)17-31-12-7-8-13-31/h14-16,18,20,30H,2-13,17H2,1H3,(H2,26,29)/b24-21-,27-16?. The molecule has 1 aromatic rings. The van der Waals surface area contributed by atoms with E-state index in [4.69, 9.17) is 22.3 Å². The highest BCUT2D eigenvalue weighted by molar-refractivity contribution is 6.31. The van der Waals surface area contributed by atoms with E-state index in [1.54, 1.807) is 0 Å². The van der Waals surface area contributed by atoms with Gasteiger partial charge >= 0.3 is 0 Å². The van der Waals surface area contributed by atoms with Crippen molar-refractivity contribution in [3.63, 3.8) is 0 Å². The number of hydrogen-bond donors (Lipinski definition) is 2. The van der Waals surface area contributed by atoms with Crippen molar-refractivity contribution in [2.75, 3.05) is 19.6 Å². The van der Waals surface area contributed by atoms with Crippen LogP contribution in [0.1, 0.15) is 76.0 Å². The highest BCUT2D eigenvalue weighted by Crippen LogP contribution is 2.25. The van der Waals surface area contributed by atoms with E-state index in [1.807, 2.05) is 18.5 Å². The number of rotatable bonds is 10. The third-order valence-corrected chi connectivity index (χ3v) is 6.42. The summed E-state index contributed by atoms with van der Waals surface area (Å²) in [7, 11) is 0. The summed E-state index contributed by atoms with van der Waals surface area (Å²) in [5.41, 5.74) is 8.40. The van der Waals surface area contributed by atoms with Gasteiger partial charge in [-0.1, -0.05) is 44.2 Å². The first-order valence-corrected chi connectivity index (χ1v) is 12.2. The number of allylic oxidation sites excluding steroid dienone is 1. The molecule has 170 valence electrons. The Hall–Kier alpha value is -1.92. The first kappa shape index (κ1) is 23.7. The van der Waals surface area contributed by atoms with Gasteiger partial charge in [-0.2, -0.15) is 0 Å². The Balaban J connectivity index is 1.89. The molecule has 1 aliphatic carbocycles. The summed E-state index contributed by atoms with van der Waals surface area (Å²) in [6.07, 6.45) is 15.9. The molecule has 3 rings (SSSR count). The minimum Gasteiger partial charge on any atom is -0.390 e. The molecular weight excluding hydrogens is 408 g/mol. The first-order chi connectivity index (χ1) is 15.2. The van der Waals surface area contributed by atoms with E-state index in [0.29, 0.717) is 6.04 Å². The maximum absolute atomic E-state index is 6.69. The number of nitrogens with zero attached hydrogens (tertiary/aromatic N) is 4. The van der Waals surface area contributed by atoms with Gasteiger partial charge in [-0.05, 0) is 51.3 Å². The van der Waals surface area contributed by atoms with Crippen LogP contribution in [0, 0.1) is 0 Å². The van der Waals surface area contributed by atoms with Gasteiger partial charge in [-0.15, -0.1) is 0 Å². The maximum Gasteiger partial charge on any atom is 0.138 e. The molecule has 3 N–H and O–H groups in total. The molecule has 2 fully saturated rings. The Morgan fingerprint density at radius 2 is 2.03 bits per heavy atom. The van der Waals surface area contributed by atoms with Gasteiger partial charge in [0.1, 0.15) is 5.82 Å². The Kier molecular flexibility index (Phi) is 9.82. The highest BCUT2D eigenvalue weighted by atomic mass is 35.5. The molecule has 0 spiro atoms. The number of aliphatic imine (C=N–C) groups is 2. The molecular formula is C24H37ClN6. The first-order valence-electron chi connectivity index (χ1n) is 11.8. The lowest BCUT2D eigenvalue weighted by molar-refractivity contribution is 0.331. The SMILES string of the molecule is CCCCN=C/C(=C(\N=C\N)NC1CCCCC1)c1cc(Cl)c(CN2CCCC2)cn1. The van der Waals surface area contributed by atoms with E-state index in [0.717, 1.165) is 79.5 Å². The normalized spacial score (nSPS) is 19.4. The third-order valence-electron chi connectivity index (χ3n) is 6.06. The van der Waals surface area contributed by atoms with Crippen molar-refractivity contribution >= 4 is 29.7 Å². The molecule has 7 heteroatoms. The average Bonchev–Trinajstić information content (AvgIpc) is 3.29. The average molecular weight is 445 g/mol. The molecule has 0 amide bonds. The highest BCUT2D eigenvalue weighted by Gasteiger charge is 2.18. The zero-order valence-electron chi connectivity index (χ0n) is 18.8. The quantitative estimate of drug-likeness (QED) is 0.309. The van der Waals surface area contributed by atoms with Crippen molar-refractivity contribution in [2.24, 2.45) is 15.7 Å². The van der Waals surface area contributed by atoms with E-state index in [2.05, 4.69) is 27.1 Å². The summed E-state index contributed by atoms with van der Waals surface area (Å²) < 4.78 is 0. The van der Waals surface area contributed by atoms with Gasteiger partial charge in [0.05, 0.1) is 17.6 Å². The molecule has 1 aliphatic heterocycles. The van der Waals surface area contributed by atoms with E-state index in [-0.39, 0.29) is 0 Å². The predicted octanol–water partition coefficient (Wildman–Crippen LogP) is 4.78. The fraction of sp³-hybridized carbons (Fsp3) is 0.625. The molecule has 2 heterocycles. The molecule has 0 aromatic carbocycles. The second-order valence-corrected chi connectivity index (χ2v) is 8.96. The number of halogens is 1. The minimum atomic E-state index is 0.399. The lowest BCUT2D eigenvalue weighted by atomic mass is 9.95. The van der Waals surface area contributed by atoms with Crippen molar-refractivity contribution in [3.8, 4) is 0 Å². The molecule has 0 atom stereocenters. The molecule has 1 saturated heterocycles. The monoisotopic (exact) mass is 444 g/mol. The second-order valence-electron chi connectivity index (χ2n) is 8.55. The van der Waals surface area contributed by atoms with Gasteiger partial charge in [-0.3, -0.25) is 14.9 Å². The van der Waals surface area contributed by atoms with Crippen LogP contribution in [-0.4, -0.2) is 48.1 Å². The minimum absolute atomic E-state index is 0.399. The number of aromatic nitrogens is 1. The fourth-order valence-corrected chi connectivity index (χ4v) is 4.47. The predicted molar refractivity (Wildman–Crippen MR) is 132 cm³/mol. The van der Waals surface area contributed by atoms with Crippen LogP contribution in [0.3, 0.4) is 0 Å². The number of pyridine rings is 1. The molecule has 0 radical (unpaired) electrons. The van der Waals surface area contributed by atoms with Crippen LogP contribution in [0.4, 0.5) is 0 Å². The molecule has 0 bridgehead atoms. The number of nitrogens with two attached hydrogens (primary N) is 1. The van der Waals surface area contributed by atoms with E-state index in [1.165, 1.54) is 38.4 Å². The van der Waals surface area contributed by atoms with E-state index >= 15 is 0 Å². The number of hydrogen-bond acceptors (Lipinski definition) is 5. The maximum atomic E-state index is 6.69. The van der Waals surface area contributed by atoms with Crippen molar-refractivity contribution in [1.82, 2.24) is 15.2 Å². The Bertz CT molecular complexity index is 776. The number of likely N-dealkylation sites (tertiary alicyclic amines) is 1. The third kappa shape index (κ3) is 7.32. The van der Waals surface area contributed by atoms with E-state index < -0.39 is 0 Å². The molecule has 1 aromatic heterocycles. The Labute approximate surface area is 192 Å². The Morgan fingerprint density at radius 3 is 2.71 bits per heavy atom. The van der Waals surface area contributed by atoms with Gasteiger partial charge in [0.2, 0.25) is 0 Å². The van der Waals surface area contributed by atoms with Crippen LogP contribution in [0.2, 0.25) is 5.02 Å². The van der Waals surface area contributed by atoms with Gasteiger partial charge in [0.25, 0.3) is 0 Å². The number of nitrogens with one attached hydrogen (secondary N) is 1. The van der Waals surface area contributed by atoms with Gasteiger partial charge in [-0.25, -0.2) is 4.99 Å². The zero-order chi connectivity index (χ0) is 21.9. The summed E-state index contributed by atoms with van der Waals surface area (Å²) in [6.45, 7) is 6.07. The van der Waals surface area contributed by atoms with E-state index in [9.17, 15) is 0 Å². The van der Waals surface area contributed by atoms with Gasteiger partial charge in [0.15, 0.2) is 0 Å². The lowest BCUT2D eigenvalue weighted by Crippen LogP contribution is -2.31. The summed E-state index contributed by atoms with van der Waals surface area (Å²) in [4.78, 5) is 16.3. The zero-order valence-corrected chi connectivity index (χ0v) is 19.6. The van der Waals surface area contributed by atoms with Crippen LogP contribution in [-0.2, 0) is 6.54 Å². The van der Waals surface area contributed by atoms with Crippen LogP contribution < -0.4 is 11.1 Å². The molecule has 6 nitrogen and oxygen atoms in total. The summed E-state index contributed by atoms with van der Waals surface area (Å²) in [5.74, 6) is 0.727. The van der Waals surface area contributed by atoms with Crippen molar-refractivity contribution < 1.29 is 0 Å². The molecule has 2 aliphatic rings. The van der Waals surface area contributed by atoms with Gasteiger partial charge in [0, 0.05) is 42.1 Å².